The minimum atomic E-state index is -3.05. The van der Waals surface area contributed by atoms with Gasteiger partial charge in [0.15, 0.2) is 9.84 Å². The van der Waals surface area contributed by atoms with Crippen molar-refractivity contribution in [2.24, 2.45) is 0 Å². The predicted octanol–water partition coefficient (Wildman–Crippen LogP) is 2.10. The lowest BCUT2D eigenvalue weighted by Gasteiger charge is -2.07. The van der Waals surface area contributed by atoms with E-state index in [1.54, 1.807) is 19.1 Å². The van der Waals surface area contributed by atoms with Crippen LogP contribution in [-0.4, -0.2) is 14.2 Å². The molecule has 0 N–H and O–H groups in total. The van der Waals surface area contributed by atoms with Crippen molar-refractivity contribution >= 4 is 9.84 Å². The first kappa shape index (κ1) is 10.3. The molecule has 0 aromatic heterocycles. The van der Waals surface area contributed by atoms with E-state index in [4.69, 9.17) is 0 Å². The molecule has 13 heavy (non-hydrogen) atoms. The van der Waals surface area contributed by atoms with Crippen molar-refractivity contribution in [1.29, 1.82) is 0 Å². The second-order valence-electron chi connectivity index (χ2n) is 3.10. The fraction of sp³-hybridized carbons (Fsp3) is 0.400. The van der Waals surface area contributed by atoms with Crippen molar-refractivity contribution in [3.05, 3.63) is 29.3 Å². The van der Waals surface area contributed by atoms with Crippen molar-refractivity contribution in [2.75, 3.05) is 5.75 Å². The third kappa shape index (κ3) is 1.91. The Labute approximate surface area is 79.5 Å². The van der Waals surface area contributed by atoms with E-state index in [0.29, 0.717) is 4.90 Å². The maximum atomic E-state index is 11.6. The van der Waals surface area contributed by atoms with Gasteiger partial charge in [-0.15, -0.1) is 0 Å². The topological polar surface area (TPSA) is 34.1 Å². The van der Waals surface area contributed by atoms with Crippen LogP contribution in [0.1, 0.15) is 18.1 Å². The molecule has 0 atom stereocenters. The Morgan fingerprint density at radius 1 is 1.23 bits per heavy atom. The van der Waals surface area contributed by atoms with Crippen LogP contribution in [0.3, 0.4) is 0 Å². The molecule has 0 saturated heterocycles. The van der Waals surface area contributed by atoms with E-state index in [2.05, 4.69) is 0 Å². The zero-order valence-electron chi connectivity index (χ0n) is 8.16. The molecule has 1 aromatic carbocycles. The summed E-state index contributed by atoms with van der Waals surface area (Å²) in [5, 5.41) is 0. The molecule has 0 aliphatic carbocycles. The van der Waals surface area contributed by atoms with E-state index < -0.39 is 9.84 Å². The quantitative estimate of drug-likeness (QED) is 0.729. The summed E-state index contributed by atoms with van der Waals surface area (Å²) in [6, 6.07) is 5.37. The van der Waals surface area contributed by atoms with Crippen molar-refractivity contribution < 1.29 is 8.42 Å². The Morgan fingerprint density at radius 3 is 2.38 bits per heavy atom. The zero-order valence-corrected chi connectivity index (χ0v) is 8.98. The van der Waals surface area contributed by atoms with E-state index in [0.717, 1.165) is 11.1 Å². The third-order valence-electron chi connectivity index (χ3n) is 2.27. The molecule has 0 aliphatic heterocycles. The molecule has 0 spiro atoms. The number of hydrogen-bond acceptors (Lipinski definition) is 2. The SMILES string of the molecule is CCS(=O)(=O)c1cccc(C)c1C. The maximum Gasteiger partial charge on any atom is 0.178 e. The van der Waals surface area contributed by atoms with Gasteiger partial charge in [0.05, 0.1) is 10.6 Å². The normalized spacial score (nSPS) is 11.6. The molecule has 0 heterocycles. The lowest BCUT2D eigenvalue weighted by Crippen LogP contribution is -2.06. The molecule has 72 valence electrons. The van der Waals surface area contributed by atoms with E-state index in [1.165, 1.54) is 0 Å². The van der Waals surface area contributed by atoms with E-state index in [1.807, 2.05) is 19.9 Å². The summed E-state index contributed by atoms with van der Waals surface area (Å²) in [7, 11) is -3.05. The highest BCUT2D eigenvalue weighted by Crippen LogP contribution is 2.18. The van der Waals surface area contributed by atoms with Gasteiger partial charge in [0.25, 0.3) is 0 Å². The molecule has 0 saturated carbocycles. The van der Waals surface area contributed by atoms with E-state index in [-0.39, 0.29) is 5.75 Å². The summed E-state index contributed by atoms with van der Waals surface area (Å²) in [5.41, 5.74) is 1.89. The molecule has 0 bridgehead atoms. The molecular formula is C10H14O2S. The maximum absolute atomic E-state index is 11.6. The van der Waals surface area contributed by atoms with E-state index in [9.17, 15) is 8.42 Å². The van der Waals surface area contributed by atoms with Gasteiger partial charge in [0.1, 0.15) is 0 Å². The summed E-state index contributed by atoms with van der Waals surface area (Å²) >= 11 is 0. The molecule has 1 aromatic rings. The summed E-state index contributed by atoms with van der Waals surface area (Å²) in [5.74, 6) is 0.164. The van der Waals surface area contributed by atoms with Crippen molar-refractivity contribution in [2.45, 2.75) is 25.7 Å². The third-order valence-corrected chi connectivity index (χ3v) is 4.14. The largest absolute Gasteiger partial charge is 0.224 e. The molecule has 0 aliphatic rings. The average Bonchev–Trinajstić information content (AvgIpc) is 2.09. The fourth-order valence-electron chi connectivity index (χ4n) is 1.22. The number of hydrogen-bond donors (Lipinski definition) is 0. The van der Waals surface area contributed by atoms with Gasteiger partial charge < -0.3 is 0 Å². The van der Waals surface area contributed by atoms with Crippen LogP contribution in [-0.2, 0) is 9.84 Å². The Bertz CT molecular complexity index is 405. The van der Waals surface area contributed by atoms with Gasteiger partial charge >= 0.3 is 0 Å². The van der Waals surface area contributed by atoms with Crippen LogP contribution in [0, 0.1) is 13.8 Å². The molecule has 2 nitrogen and oxygen atoms in total. The Kier molecular flexibility index (Phi) is 2.76. The molecule has 0 fully saturated rings. The van der Waals surface area contributed by atoms with Crippen LogP contribution < -0.4 is 0 Å². The van der Waals surface area contributed by atoms with Gasteiger partial charge in [-0.05, 0) is 31.0 Å². The highest BCUT2D eigenvalue weighted by molar-refractivity contribution is 7.91. The molecule has 0 amide bonds. The smallest absolute Gasteiger partial charge is 0.178 e. The molecule has 3 heteroatoms. The summed E-state index contributed by atoms with van der Waals surface area (Å²) in [6.07, 6.45) is 0. The Morgan fingerprint density at radius 2 is 1.85 bits per heavy atom. The highest BCUT2D eigenvalue weighted by Gasteiger charge is 2.14. The monoisotopic (exact) mass is 198 g/mol. The van der Waals surface area contributed by atoms with Crippen molar-refractivity contribution in [3.8, 4) is 0 Å². The van der Waals surface area contributed by atoms with Gasteiger partial charge in [-0.25, -0.2) is 8.42 Å². The van der Waals surface area contributed by atoms with Crippen molar-refractivity contribution in [1.82, 2.24) is 0 Å². The van der Waals surface area contributed by atoms with Gasteiger partial charge in [0, 0.05) is 0 Å². The van der Waals surface area contributed by atoms with Crippen LogP contribution in [0.25, 0.3) is 0 Å². The van der Waals surface area contributed by atoms with Crippen LogP contribution in [0.4, 0.5) is 0 Å². The first-order chi connectivity index (χ1) is 5.99. The molecular weight excluding hydrogens is 184 g/mol. The lowest BCUT2D eigenvalue weighted by atomic mass is 10.1. The molecule has 0 unspecified atom stereocenters. The van der Waals surface area contributed by atoms with Gasteiger partial charge in [-0.1, -0.05) is 19.1 Å². The standard InChI is InChI=1S/C10H14O2S/c1-4-13(11,12)10-7-5-6-8(2)9(10)3/h5-7H,4H2,1-3H3. The average molecular weight is 198 g/mol. The lowest BCUT2D eigenvalue weighted by molar-refractivity contribution is 0.596. The predicted molar refractivity (Wildman–Crippen MR) is 53.6 cm³/mol. The van der Waals surface area contributed by atoms with Crippen molar-refractivity contribution in [3.63, 3.8) is 0 Å². The van der Waals surface area contributed by atoms with Gasteiger partial charge in [-0.3, -0.25) is 0 Å². The van der Waals surface area contributed by atoms with Crippen LogP contribution >= 0.6 is 0 Å². The zero-order chi connectivity index (χ0) is 10.1. The number of aryl methyl sites for hydroxylation is 1. The Balaban J connectivity index is 3.40. The van der Waals surface area contributed by atoms with E-state index >= 15 is 0 Å². The van der Waals surface area contributed by atoms with Crippen LogP contribution in [0.2, 0.25) is 0 Å². The minimum absolute atomic E-state index is 0.164. The highest BCUT2D eigenvalue weighted by atomic mass is 32.2. The summed E-state index contributed by atoms with van der Waals surface area (Å²) in [4.78, 5) is 0.468. The number of sulfone groups is 1. The minimum Gasteiger partial charge on any atom is -0.224 e. The summed E-state index contributed by atoms with van der Waals surface area (Å²) in [6.45, 7) is 5.43. The second-order valence-corrected chi connectivity index (χ2v) is 5.35. The fourth-order valence-corrected chi connectivity index (χ4v) is 2.44. The summed E-state index contributed by atoms with van der Waals surface area (Å²) < 4.78 is 23.1. The number of rotatable bonds is 2. The Hall–Kier alpha value is -0.830. The van der Waals surface area contributed by atoms with Crippen LogP contribution in [0.15, 0.2) is 23.1 Å². The van der Waals surface area contributed by atoms with Gasteiger partial charge in [0.2, 0.25) is 0 Å². The molecule has 0 radical (unpaired) electrons. The van der Waals surface area contributed by atoms with Crippen LogP contribution in [0.5, 0.6) is 0 Å². The molecule has 1 rings (SSSR count). The van der Waals surface area contributed by atoms with Gasteiger partial charge in [-0.2, -0.15) is 0 Å². The first-order valence-electron chi connectivity index (χ1n) is 4.28. The first-order valence-corrected chi connectivity index (χ1v) is 5.93. The number of benzene rings is 1. The second kappa shape index (κ2) is 3.50.